The molecule has 3 nitrogen and oxygen atoms in total. The summed E-state index contributed by atoms with van der Waals surface area (Å²) in [6, 6.07) is 6.54. The van der Waals surface area contributed by atoms with Gasteiger partial charge in [0.2, 0.25) is 0 Å². The molecule has 2 unspecified atom stereocenters. The SMILES string of the molecule is CCNCc1cc(Br)ccc1N1CC(C)OC(C)C1. The molecule has 1 saturated heterocycles. The standard InChI is InChI=1S/C15H23BrN2O/c1-4-17-8-13-7-14(16)5-6-15(13)18-9-11(2)19-12(3)10-18/h5-7,11-12,17H,4,8-10H2,1-3H3. The Balaban J connectivity index is 2.22. The van der Waals surface area contributed by atoms with E-state index in [0.29, 0.717) is 12.2 Å². The molecule has 2 rings (SSSR count). The minimum Gasteiger partial charge on any atom is -0.372 e. The predicted molar refractivity (Wildman–Crippen MR) is 83.7 cm³/mol. The molecule has 0 aliphatic carbocycles. The van der Waals surface area contributed by atoms with Gasteiger partial charge >= 0.3 is 0 Å². The lowest BCUT2D eigenvalue weighted by molar-refractivity contribution is -0.00526. The van der Waals surface area contributed by atoms with Gasteiger partial charge in [-0.15, -0.1) is 0 Å². The Kier molecular flexibility index (Phi) is 5.25. The molecular weight excluding hydrogens is 304 g/mol. The fraction of sp³-hybridized carbons (Fsp3) is 0.600. The highest BCUT2D eigenvalue weighted by Gasteiger charge is 2.23. The lowest BCUT2D eigenvalue weighted by Crippen LogP contribution is -2.46. The zero-order valence-corrected chi connectivity index (χ0v) is 13.5. The maximum atomic E-state index is 5.82. The Morgan fingerprint density at radius 3 is 2.63 bits per heavy atom. The van der Waals surface area contributed by atoms with Crippen molar-refractivity contribution in [1.82, 2.24) is 5.32 Å². The van der Waals surface area contributed by atoms with Gasteiger partial charge in [-0.1, -0.05) is 22.9 Å². The van der Waals surface area contributed by atoms with Gasteiger partial charge in [-0.05, 0) is 44.2 Å². The van der Waals surface area contributed by atoms with Crippen LogP contribution in [0.15, 0.2) is 22.7 Å². The minimum atomic E-state index is 0.291. The summed E-state index contributed by atoms with van der Waals surface area (Å²) < 4.78 is 6.95. The summed E-state index contributed by atoms with van der Waals surface area (Å²) in [5.41, 5.74) is 2.67. The third kappa shape index (κ3) is 3.94. The monoisotopic (exact) mass is 326 g/mol. The van der Waals surface area contributed by atoms with E-state index in [1.807, 2.05) is 0 Å². The van der Waals surface area contributed by atoms with Gasteiger partial charge in [-0.25, -0.2) is 0 Å². The van der Waals surface area contributed by atoms with Crippen molar-refractivity contribution in [3.05, 3.63) is 28.2 Å². The van der Waals surface area contributed by atoms with Crippen molar-refractivity contribution in [2.75, 3.05) is 24.5 Å². The first-order valence-corrected chi connectivity index (χ1v) is 7.79. The van der Waals surface area contributed by atoms with Crippen LogP contribution in [0, 0.1) is 0 Å². The van der Waals surface area contributed by atoms with Gasteiger partial charge in [0.05, 0.1) is 12.2 Å². The summed E-state index contributed by atoms with van der Waals surface area (Å²) in [6.07, 6.45) is 0.582. The van der Waals surface area contributed by atoms with Crippen LogP contribution in [-0.4, -0.2) is 31.8 Å². The summed E-state index contributed by atoms with van der Waals surface area (Å²) >= 11 is 3.56. The van der Waals surface area contributed by atoms with Crippen molar-refractivity contribution in [3.63, 3.8) is 0 Å². The zero-order chi connectivity index (χ0) is 13.8. The van der Waals surface area contributed by atoms with E-state index in [2.05, 4.69) is 65.1 Å². The Morgan fingerprint density at radius 1 is 1.32 bits per heavy atom. The average Bonchev–Trinajstić information content (AvgIpc) is 2.35. The maximum Gasteiger partial charge on any atom is 0.0726 e. The van der Waals surface area contributed by atoms with Crippen molar-refractivity contribution in [1.29, 1.82) is 0 Å². The van der Waals surface area contributed by atoms with E-state index in [1.54, 1.807) is 0 Å². The van der Waals surface area contributed by atoms with Crippen molar-refractivity contribution < 1.29 is 4.74 Å². The summed E-state index contributed by atoms with van der Waals surface area (Å²) in [5, 5.41) is 3.41. The number of hydrogen-bond donors (Lipinski definition) is 1. The van der Waals surface area contributed by atoms with Crippen LogP contribution >= 0.6 is 15.9 Å². The van der Waals surface area contributed by atoms with Crippen LogP contribution < -0.4 is 10.2 Å². The molecule has 0 spiro atoms. The van der Waals surface area contributed by atoms with Crippen LogP contribution in [0.1, 0.15) is 26.3 Å². The first-order chi connectivity index (χ1) is 9.10. The van der Waals surface area contributed by atoms with E-state index in [-0.39, 0.29) is 0 Å². The molecule has 4 heteroatoms. The lowest BCUT2D eigenvalue weighted by Gasteiger charge is -2.38. The molecule has 1 heterocycles. The molecule has 1 fully saturated rings. The molecule has 2 atom stereocenters. The van der Waals surface area contributed by atoms with Crippen molar-refractivity contribution in [2.45, 2.75) is 39.5 Å². The summed E-state index contributed by atoms with van der Waals surface area (Å²) in [6.45, 7) is 10.2. The summed E-state index contributed by atoms with van der Waals surface area (Å²) in [5.74, 6) is 0. The molecule has 0 bridgehead atoms. The number of rotatable bonds is 4. The van der Waals surface area contributed by atoms with Crippen LogP contribution in [0.5, 0.6) is 0 Å². The summed E-state index contributed by atoms with van der Waals surface area (Å²) in [4.78, 5) is 2.44. The molecule has 1 N–H and O–H groups in total. The highest BCUT2D eigenvalue weighted by atomic mass is 79.9. The lowest BCUT2D eigenvalue weighted by atomic mass is 10.1. The van der Waals surface area contributed by atoms with E-state index >= 15 is 0 Å². The fourth-order valence-electron chi connectivity index (χ4n) is 2.64. The van der Waals surface area contributed by atoms with E-state index in [0.717, 1.165) is 30.7 Å². The molecule has 0 radical (unpaired) electrons. The van der Waals surface area contributed by atoms with Gasteiger partial charge in [0, 0.05) is 29.8 Å². The third-order valence-electron chi connectivity index (χ3n) is 3.37. The Hall–Kier alpha value is -0.580. The number of anilines is 1. The van der Waals surface area contributed by atoms with Crippen molar-refractivity contribution in [3.8, 4) is 0 Å². The molecular formula is C15H23BrN2O. The van der Waals surface area contributed by atoms with Crippen LogP contribution in [0.25, 0.3) is 0 Å². The van der Waals surface area contributed by atoms with Gasteiger partial charge in [0.25, 0.3) is 0 Å². The second-order valence-electron chi connectivity index (χ2n) is 5.22. The quantitative estimate of drug-likeness (QED) is 0.919. The summed E-state index contributed by atoms with van der Waals surface area (Å²) in [7, 11) is 0. The van der Waals surface area contributed by atoms with Crippen molar-refractivity contribution >= 4 is 21.6 Å². The normalized spacial score (nSPS) is 23.7. The molecule has 1 aliphatic rings. The molecule has 1 aromatic rings. The Labute approximate surface area is 124 Å². The molecule has 0 saturated carbocycles. The van der Waals surface area contributed by atoms with Gasteiger partial charge in [0.15, 0.2) is 0 Å². The molecule has 0 amide bonds. The molecule has 0 aromatic heterocycles. The second-order valence-corrected chi connectivity index (χ2v) is 6.13. The highest BCUT2D eigenvalue weighted by Crippen LogP contribution is 2.27. The highest BCUT2D eigenvalue weighted by molar-refractivity contribution is 9.10. The zero-order valence-electron chi connectivity index (χ0n) is 11.9. The van der Waals surface area contributed by atoms with E-state index in [1.165, 1.54) is 11.3 Å². The third-order valence-corrected chi connectivity index (χ3v) is 3.86. The smallest absolute Gasteiger partial charge is 0.0726 e. The van der Waals surface area contributed by atoms with Crippen LogP contribution in [0.2, 0.25) is 0 Å². The molecule has 106 valence electrons. The van der Waals surface area contributed by atoms with Crippen LogP contribution in [-0.2, 0) is 11.3 Å². The van der Waals surface area contributed by atoms with Gasteiger partial charge in [-0.2, -0.15) is 0 Å². The topological polar surface area (TPSA) is 24.5 Å². The van der Waals surface area contributed by atoms with E-state index in [4.69, 9.17) is 4.74 Å². The van der Waals surface area contributed by atoms with Crippen LogP contribution in [0.4, 0.5) is 5.69 Å². The predicted octanol–water partition coefficient (Wildman–Crippen LogP) is 3.17. The van der Waals surface area contributed by atoms with Gasteiger partial charge in [-0.3, -0.25) is 0 Å². The number of benzene rings is 1. The second kappa shape index (κ2) is 6.73. The van der Waals surface area contributed by atoms with Crippen LogP contribution in [0.3, 0.4) is 0 Å². The average molecular weight is 327 g/mol. The molecule has 1 aromatic carbocycles. The fourth-order valence-corrected chi connectivity index (χ4v) is 3.05. The maximum absolute atomic E-state index is 5.82. The van der Waals surface area contributed by atoms with Gasteiger partial charge < -0.3 is 15.0 Å². The minimum absolute atomic E-state index is 0.291. The number of hydrogen-bond acceptors (Lipinski definition) is 3. The molecule has 19 heavy (non-hydrogen) atoms. The van der Waals surface area contributed by atoms with Crippen molar-refractivity contribution in [2.24, 2.45) is 0 Å². The Bertz CT molecular complexity index is 415. The number of morpholine rings is 1. The van der Waals surface area contributed by atoms with E-state index < -0.39 is 0 Å². The number of halogens is 1. The van der Waals surface area contributed by atoms with E-state index in [9.17, 15) is 0 Å². The first-order valence-electron chi connectivity index (χ1n) is 6.99. The first kappa shape index (κ1) is 14.8. The number of nitrogens with one attached hydrogen (secondary N) is 1. The number of nitrogens with zero attached hydrogens (tertiary/aromatic N) is 1. The molecule has 1 aliphatic heterocycles. The van der Waals surface area contributed by atoms with Gasteiger partial charge in [0.1, 0.15) is 0 Å². The largest absolute Gasteiger partial charge is 0.372 e. The number of ether oxygens (including phenoxy) is 1. The Morgan fingerprint density at radius 2 is 2.00 bits per heavy atom.